The molecule has 0 aromatic carbocycles. The van der Waals surface area contributed by atoms with Crippen molar-refractivity contribution in [1.82, 2.24) is 15.6 Å². The molecule has 7 nitrogen and oxygen atoms in total. The second kappa shape index (κ2) is 9.73. The van der Waals surface area contributed by atoms with Crippen molar-refractivity contribution in [3.8, 4) is 0 Å². The van der Waals surface area contributed by atoms with E-state index < -0.39 is 17.2 Å². The van der Waals surface area contributed by atoms with E-state index in [0.29, 0.717) is 10.9 Å². The number of aliphatic imine (C=N–C) groups is 1. The fraction of sp³-hybridized carbons (Fsp3) is 0.538. The van der Waals surface area contributed by atoms with Crippen molar-refractivity contribution in [3.63, 3.8) is 0 Å². The third kappa shape index (κ3) is 6.36. The van der Waals surface area contributed by atoms with Crippen LogP contribution in [0.15, 0.2) is 51.1 Å². The number of pyridine rings is 1. The SMILES string of the molecule is CC1(C)CC2=CCC(NC(=O)c3ccc(Br)cn3)C=C2C2(CCSC(NC(=O)OC(C)(C)C)=N2)C1. The van der Waals surface area contributed by atoms with Crippen molar-refractivity contribution < 1.29 is 14.3 Å². The van der Waals surface area contributed by atoms with E-state index in [9.17, 15) is 9.59 Å². The predicted octanol–water partition coefficient (Wildman–Crippen LogP) is 5.78. The zero-order valence-corrected chi connectivity index (χ0v) is 23.3. The summed E-state index contributed by atoms with van der Waals surface area (Å²) in [5.74, 6) is 0.645. The summed E-state index contributed by atoms with van der Waals surface area (Å²) < 4.78 is 6.28. The number of amides is 2. The molecule has 3 aliphatic rings. The number of ether oxygens (including phenoxy) is 1. The van der Waals surface area contributed by atoms with Gasteiger partial charge in [0.2, 0.25) is 0 Å². The van der Waals surface area contributed by atoms with Crippen molar-refractivity contribution in [2.24, 2.45) is 10.4 Å². The number of carbonyl (C=O) groups excluding carboxylic acids is 2. The van der Waals surface area contributed by atoms with Crippen LogP contribution in [0.4, 0.5) is 4.79 Å². The summed E-state index contributed by atoms with van der Waals surface area (Å²) in [5.41, 5.74) is 1.90. The average Bonchev–Trinajstić information content (AvgIpc) is 2.73. The lowest BCUT2D eigenvalue weighted by Gasteiger charge is -2.48. The van der Waals surface area contributed by atoms with Gasteiger partial charge in [0, 0.05) is 16.4 Å². The first-order valence-corrected chi connectivity index (χ1v) is 13.7. The molecule has 0 bridgehead atoms. The Morgan fingerprint density at radius 2 is 2.03 bits per heavy atom. The lowest BCUT2D eigenvalue weighted by Crippen LogP contribution is -2.48. The summed E-state index contributed by atoms with van der Waals surface area (Å²) in [6.07, 6.45) is 9.00. The Morgan fingerprint density at radius 1 is 1.26 bits per heavy atom. The highest BCUT2D eigenvalue weighted by Gasteiger charge is 2.48. The maximum absolute atomic E-state index is 12.8. The Hall–Kier alpha value is -2.13. The number of amidine groups is 1. The van der Waals surface area contributed by atoms with Crippen molar-refractivity contribution in [2.45, 2.75) is 77.5 Å². The summed E-state index contributed by atoms with van der Waals surface area (Å²) in [5, 5.41) is 6.57. The summed E-state index contributed by atoms with van der Waals surface area (Å²) in [4.78, 5) is 34.6. The maximum Gasteiger partial charge on any atom is 0.413 e. The first-order chi connectivity index (χ1) is 16.3. The molecule has 1 aliphatic heterocycles. The molecule has 0 saturated heterocycles. The van der Waals surface area contributed by atoms with Crippen LogP contribution in [-0.2, 0) is 4.74 Å². The van der Waals surface area contributed by atoms with E-state index in [1.165, 1.54) is 11.1 Å². The van der Waals surface area contributed by atoms with Crippen LogP contribution in [0.1, 0.15) is 70.8 Å². The van der Waals surface area contributed by atoms with Gasteiger partial charge in [0.15, 0.2) is 5.17 Å². The molecule has 4 rings (SSSR count). The van der Waals surface area contributed by atoms with Crippen LogP contribution in [0.5, 0.6) is 0 Å². The second-order valence-electron chi connectivity index (χ2n) is 11.2. The quantitative estimate of drug-likeness (QED) is 0.478. The van der Waals surface area contributed by atoms with Gasteiger partial charge in [0.25, 0.3) is 5.91 Å². The summed E-state index contributed by atoms with van der Waals surface area (Å²) in [7, 11) is 0. The first-order valence-electron chi connectivity index (χ1n) is 11.9. The van der Waals surface area contributed by atoms with Gasteiger partial charge in [-0.25, -0.2) is 9.78 Å². The minimum absolute atomic E-state index is 0.0726. The van der Waals surface area contributed by atoms with Crippen LogP contribution in [0.3, 0.4) is 0 Å². The highest BCUT2D eigenvalue weighted by molar-refractivity contribution is 9.10. The van der Waals surface area contributed by atoms with Gasteiger partial charge in [-0.1, -0.05) is 37.8 Å². The molecule has 2 unspecified atom stereocenters. The van der Waals surface area contributed by atoms with Gasteiger partial charge < -0.3 is 10.1 Å². The van der Waals surface area contributed by atoms with Crippen LogP contribution in [0.25, 0.3) is 0 Å². The highest BCUT2D eigenvalue weighted by atomic mass is 79.9. The standard InChI is InChI=1S/C26H33BrN4O3S/c1-24(2,3)34-23(33)30-22-31-26(10-11-35-22)15-25(4,5)13-16-6-8-18(12-19(16)26)29-21(32)20-9-7-17(27)14-28-20/h6-7,9,12,14,18H,8,10-11,13,15H2,1-5H3,(H,29,32)(H,30,31,33). The van der Waals surface area contributed by atoms with Gasteiger partial charge >= 0.3 is 6.09 Å². The normalized spacial score (nSPS) is 25.5. The molecule has 1 aromatic rings. The molecule has 2 heterocycles. The molecule has 188 valence electrons. The maximum atomic E-state index is 12.8. The van der Waals surface area contributed by atoms with E-state index in [-0.39, 0.29) is 17.4 Å². The topological polar surface area (TPSA) is 92.7 Å². The van der Waals surface area contributed by atoms with E-state index in [4.69, 9.17) is 9.73 Å². The van der Waals surface area contributed by atoms with Gasteiger partial charge in [-0.15, -0.1) is 0 Å². The minimum Gasteiger partial charge on any atom is -0.444 e. The smallest absolute Gasteiger partial charge is 0.413 e. The average molecular weight is 562 g/mol. The van der Waals surface area contributed by atoms with Crippen molar-refractivity contribution in [3.05, 3.63) is 51.8 Å². The Bertz CT molecular complexity index is 1100. The molecule has 1 aromatic heterocycles. The predicted molar refractivity (Wildman–Crippen MR) is 144 cm³/mol. The van der Waals surface area contributed by atoms with Crippen LogP contribution in [-0.4, -0.2) is 45.1 Å². The Morgan fingerprint density at radius 3 is 2.71 bits per heavy atom. The number of hydrogen-bond acceptors (Lipinski definition) is 6. The molecule has 1 saturated carbocycles. The fourth-order valence-corrected chi connectivity index (χ4v) is 6.33. The number of halogens is 1. The van der Waals surface area contributed by atoms with Gasteiger partial charge in [-0.05, 0) is 91.1 Å². The third-order valence-corrected chi connectivity index (χ3v) is 7.57. The number of fused-ring (bicyclic) bond motifs is 2. The van der Waals surface area contributed by atoms with Crippen molar-refractivity contribution >= 4 is 44.9 Å². The molecule has 9 heteroatoms. The number of hydrogen-bond donors (Lipinski definition) is 2. The van der Waals surface area contributed by atoms with Gasteiger partial charge in [0.05, 0.1) is 11.6 Å². The van der Waals surface area contributed by atoms with E-state index >= 15 is 0 Å². The molecule has 35 heavy (non-hydrogen) atoms. The number of nitrogens with one attached hydrogen (secondary N) is 2. The van der Waals surface area contributed by atoms with Crippen molar-refractivity contribution in [1.29, 1.82) is 0 Å². The number of aromatic nitrogens is 1. The van der Waals surface area contributed by atoms with Crippen LogP contribution in [0, 0.1) is 5.41 Å². The molecule has 0 radical (unpaired) electrons. The number of carbonyl (C=O) groups is 2. The summed E-state index contributed by atoms with van der Waals surface area (Å²) >= 11 is 4.90. The molecule has 2 atom stereocenters. The molecular weight excluding hydrogens is 528 g/mol. The van der Waals surface area contributed by atoms with E-state index in [1.807, 2.05) is 26.8 Å². The Balaban J connectivity index is 1.60. The van der Waals surface area contributed by atoms with Crippen LogP contribution >= 0.6 is 27.7 Å². The van der Waals surface area contributed by atoms with E-state index in [2.05, 4.69) is 57.5 Å². The van der Waals surface area contributed by atoms with E-state index in [0.717, 1.165) is 35.9 Å². The lowest BCUT2D eigenvalue weighted by atomic mass is 9.61. The Labute approximate surface area is 219 Å². The monoisotopic (exact) mass is 560 g/mol. The van der Waals surface area contributed by atoms with Gasteiger partial charge in [0.1, 0.15) is 11.3 Å². The number of nitrogens with zero attached hydrogens (tertiary/aromatic N) is 2. The second-order valence-corrected chi connectivity index (χ2v) is 13.2. The Kier molecular flexibility index (Phi) is 7.21. The molecule has 2 N–H and O–H groups in total. The first kappa shape index (κ1) is 25.9. The number of rotatable bonds is 2. The molecule has 1 fully saturated rings. The molecule has 2 aliphatic carbocycles. The highest BCUT2D eigenvalue weighted by Crippen LogP contribution is 2.53. The minimum atomic E-state index is -0.578. The molecule has 2 amide bonds. The largest absolute Gasteiger partial charge is 0.444 e. The van der Waals surface area contributed by atoms with Crippen molar-refractivity contribution in [2.75, 3.05) is 5.75 Å². The third-order valence-electron chi connectivity index (χ3n) is 6.23. The molecule has 1 spiro atoms. The number of thioether (sulfide) groups is 1. The fourth-order valence-electron chi connectivity index (χ4n) is 5.07. The molecular formula is C26H33BrN4O3S. The number of alkyl carbamates (subject to hydrolysis) is 1. The van der Waals surface area contributed by atoms with E-state index in [1.54, 1.807) is 24.0 Å². The van der Waals surface area contributed by atoms with Crippen LogP contribution < -0.4 is 10.6 Å². The van der Waals surface area contributed by atoms with Gasteiger partial charge in [-0.2, -0.15) is 0 Å². The lowest BCUT2D eigenvalue weighted by molar-refractivity contribution is 0.0563. The summed E-state index contributed by atoms with van der Waals surface area (Å²) in [6, 6.07) is 3.38. The zero-order valence-electron chi connectivity index (χ0n) is 20.9. The zero-order chi connectivity index (χ0) is 25.4. The van der Waals surface area contributed by atoms with Crippen LogP contribution in [0.2, 0.25) is 0 Å². The summed E-state index contributed by atoms with van der Waals surface area (Å²) in [6.45, 7) is 10.1. The van der Waals surface area contributed by atoms with Gasteiger partial charge in [-0.3, -0.25) is 15.1 Å².